The van der Waals surface area contributed by atoms with E-state index in [2.05, 4.69) is 36.9 Å². The van der Waals surface area contributed by atoms with E-state index >= 15 is 0 Å². The van der Waals surface area contributed by atoms with Gasteiger partial charge in [-0.3, -0.25) is 9.89 Å². The maximum atomic E-state index is 13.0. The lowest BCUT2D eigenvalue weighted by Crippen LogP contribution is -2.21. The maximum absolute atomic E-state index is 13.0. The summed E-state index contributed by atoms with van der Waals surface area (Å²) in [7, 11) is 4.68. The molecule has 0 bridgehead atoms. The first kappa shape index (κ1) is 20.3. The number of fused-ring (bicyclic) bond motifs is 3. The number of H-pyrrole nitrogens is 1. The number of anilines is 3. The van der Waals surface area contributed by atoms with Crippen molar-refractivity contribution in [2.75, 3.05) is 32.0 Å². The molecule has 0 unspecified atom stereocenters. The quantitative estimate of drug-likeness (QED) is 0.401. The summed E-state index contributed by atoms with van der Waals surface area (Å²) in [6.07, 6.45) is 2.29. The summed E-state index contributed by atoms with van der Waals surface area (Å²) in [4.78, 5) is 21.3. The fourth-order valence-electron chi connectivity index (χ4n) is 4.85. The van der Waals surface area contributed by atoms with Crippen LogP contribution < -0.4 is 24.8 Å². The molecule has 1 saturated carbocycles. The SMILES string of the molecule is COc1ccc2c(c1)[C@]1(C[C@H]1c1ccc3c(Nc4nc(OC)ncc4OC)n[nH]c3c1)C(=O)N2. The third kappa shape index (κ3) is 2.88. The van der Waals surface area contributed by atoms with Crippen LogP contribution in [-0.4, -0.2) is 47.4 Å². The van der Waals surface area contributed by atoms with Crippen molar-refractivity contribution in [1.29, 1.82) is 0 Å². The largest absolute Gasteiger partial charge is 0.497 e. The average Bonchev–Trinajstić information content (AvgIpc) is 3.42. The average molecular weight is 458 g/mol. The van der Waals surface area contributed by atoms with E-state index in [0.717, 1.165) is 39.9 Å². The lowest BCUT2D eigenvalue weighted by molar-refractivity contribution is -0.118. The Morgan fingerprint density at radius 3 is 2.74 bits per heavy atom. The van der Waals surface area contributed by atoms with Crippen LogP contribution in [0.5, 0.6) is 17.5 Å². The second-order valence-electron chi connectivity index (χ2n) is 8.37. The molecule has 1 spiro atoms. The van der Waals surface area contributed by atoms with Crippen LogP contribution in [0.3, 0.4) is 0 Å². The van der Waals surface area contributed by atoms with Gasteiger partial charge >= 0.3 is 6.01 Å². The molecular formula is C24H22N6O4. The Kier molecular flexibility index (Phi) is 4.38. The van der Waals surface area contributed by atoms with Crippen LogP contribution in [0.4, 0.5) is 17.3 Å². The first-order chi connectivity index (χ1) is 16.6. The fraction of sp³-hybridized carbons (Fsp3) is 0.250. The third-order valence-corrected chi connectivity index (χ3v) is 6.68. The van der Waals surface area contributed by atoms with Crippen molar-refractivity contribution < 1.29 is 19.0 Å². The Morgan fingerprint density at radius 2 is 1.94 bits per heavy atom. The monoisotopic (exact) mass is 458 g/mol. The number of ether oxygens (including phenoxy) is 3. The van der Waals surface area contributed by atoms with Crippen molar-refractivity contribution in [1.82, 2.24) is 20.2 Å². The highest BCUT2D eigenvalue weighted by molar-refractivity contribution is 6.10. The highest BCUT2D eigenvalue weighted by Gasteiger charge is 2.65. The molecule has 3 N–H and O–H groups in total. The number of nitrogens with one attached hydrogen (secondary N) is 3. The molecule has 2 aromatic carbocycles. The first-order valence-electron chi connectivity index (χ1n) is 10.8. The van der Waals surface area contributed by atoms with Crippen molar-refractivity contribution in [3.05, 3.63) is 53.7 Å². The Labute approximate surface area is 194 Å². The molecule has 6 rings (SSSR count). The van der Waals surface area contributed by atoms with Gasteiger partial charge in [-0.25, -0.2) is 0 Å². The number of hydrogen-bond donors (Lipinski definition) is 3. The van der Waals surface area contributed by atoms with Crippen LogP contribution in [0.1, 0.15) is 23.5 Å². The Balaban J connectivity index is 1.32. The standard InChI is InChI=1S/C24H22N6O4/c1-32-13-5-7-17-15(9-13)24(22(31)26-17)10-16(24)12-4-6-14-18(8-12)29-30-20(14)27-21-19(33-2)11-25-23(28-21)34-3/h4-9,11,16H,10H2,1-3H3,(H,26,31)(H2,25,27,28,29,30)/t16-,24-/m0/s1. The molecule has 2 aromatic heterocycles. The van der Waals surface area contributed by atoms with E-state index in [1.54, 1.807) is 14.2 Å². The second kappa shape index (κ2) is 7.34. The molecule has 0 saturated heterocycles. The van der Waals surface area contributed by atoms with Gasteiger partial charge in [-0.1, -0.05) is 6.07 Å². The molecule has 1 fully saturated rings. The van der Waals surface area contributed by atoms with Gasteiger partial charge in [-0.15, -0.1) is 0 Å². The lowest BCUT2D eigenvalue weighted by atomic mass is 9.91. The van der Waals surface area contributed by atoms with E-state index in [0.29, 0.717) is 17.4 Å². The summed E-state index contributed by atoms with van der Waals surface area (Å²) in [5.41, 5.74) is 3.24. The molecule has 1 aliphatic carbocycles. The van der Waals surface area contributed by atoms with Gasteiger partial charge in [-0.05, 0) is 47.9 Å². The molecule has 2 atom stereocenters. The molecule has 172 valence electrons. The molecule has 2 aliphatic rings. The zero-order valence-corrected chi connectivity index (χ0v) is 18.8. The molecule has 0 radical (unpaired) electrons. The van der Waals surface area contributed by atoms with E-state index in [1.165, 1.54) is 13.3 Å². The minimum atomic E-state index is -0.552. The van der Waals surface area contributed by atoms with Gasteiger partial charge in [0.2, 0.25) is 5.91 Å². The number of hydrogen-bond acceptors (Lipinski definition) is 8. The fourth-order valence-corrected chi connectivity index (χ4v) is 4.85. The highest BCUT2D eigenvalue weighted by Crippen LogP contribution is 2.65. The van der Waals surface area contributed by atoms with E-state index < -0.39 is 5.41 Å². The first-order valence-corrected chi connectivity index (χ1v) is 10.8. The predicted octanol–water partition coefficient (Wildman–Crippen LogP) is 3.50. The molecule has 4 aromatic rings. The number of carbonyl (C=O) groups excluding carboxylic acids is 1. The molecule has 34 heavy (non-hydrogen) atoms. The molecule has 1 aliphatic heterocycles. The summed E-state index contributed by atoms with van der Waals surface area (Å²) in [6.45, 7) is 0. The Bertz CT molecular complexity index is 1450. The second-order valence-corrected chi connectivity index (χ2v) is 8.37. The zero-order chi connectivity index (χ0) is 23.4. The summed E-state index contributed by atoms with van der Waals surface area (Å²) in [5, 5.41) is 14.6. The third-order valence-electron chi connectivity index (χ3n) is 6.68. The van der Waals surface area contributed by atoms with Crippen molar-refractivity contribution in [2.24, 2.45) is 0 Å². The van der Waals surface area contributed by atoms with Gasteiger partial charge in [0.15, 0.2) is 17.4 Å². The predicted molar refractivity (Wildman–Crippen MR) is 125 cm³/mol. The number of carbonyl (C=O) groups is 1. The topological polar surface area (TPSA) is 123 Å². The highest BCUT2D eigenvalue weighted by atomic mass is 16.5. The van der Waals surface area contributed by atoms with Crippen LogP contribution in [0, 0.1) is 0 Å². The van der Waals surface area contributed by atoms with Gasteiger partial charge in [0.25, 0.3) is 0 Å². The van der Waals surface area contributed by atoms with Gasteiger partial charge in [0.05, 0.1) is 38.5 Å². The number of methoxy groups -OCH3 is 3. The van der Waals surface area contributed by atoms with E-state index in [-0.39, 0.29) is 17.8 Å². The number of rotatable bonds is 6. The van der Waals surface area contributed by atoms with Crippen LogP contribution in [0.15, 0.2) is 42.6 Å². The summed E-state index contributed by atoms with van der Waals surface area (Å²) in [6, 6.07) is 12.0. The van der Waals surface area contributed by atoms with Gasteiger partial charge in [-0.2, -0.15) is 15.1 Å². The number of aromatic amines is 1. The van der Waals surface area contributed by atoms with Gasteiger partial charge in [0, 0.05) is 17.0 Å². The van der Waals surface area contributed by atoms with Crippen LogP contribution in [0.25, 0.3) is 10.9 Å². The Hall–Kier alpha value is -4.34. The smallest absolute Gasteiger partial charge is 0.318 e. The van der Waals surface area contributed by atoms with Gasteiger partial charge < -0.3 is 24.8 Å². The minimum absolute atomic E-state index is 0.0395. The molecular weight excluding hydrogens is 436 g/mol. The normalized spacial score (nSPS) is 20.2. The molecule has 3 heterocycles. The number of amides is 1. The summed E-state index contributed by atoms with van der Waals surface area (Å²) >= 11 is 0. The lowest BCUT2D eigenvalue weighted by Gasteiger charge is -2.11. The number of benzene rings is 2. The summed E-state index contributed by atoms with van der Waals surface area (Å²) in [5.74, 6) is 2.38. The minimum Gasteiger partial charge on any atom is -0.497 e. The Morgan fingerprint density at radius 1 is 1.06 bits per heavy atom. The molecule has 10 nitrogen and oxygen atoms in total. The van der Waals surface area contributed by atoms with Crippen LogP contribution in [-0.2, 0) is 10.2 Å². The number of nitrogens with zero attached hydrogens (tertiary/aromatic N) is 3. The molecule has 1 amide bonds. The summed E-state index contributed by atoms with van der Waals surface area (Å²) < 4.78 is 15.9. The van der Waals surface area contributed by atoms with E-state index in [9.17, 15) is 4.79 Å². The van der Waals surface area contributed by atoms with Crippen molar-refractivity contribution in [3.63, 3.8) is 0 Å². The number of aromatic nitrogens is 4. The van der Waals surface area contributed by atoms with Crippen LogP contribution >= 0.6 is 0 Å². The van der Waals surface area contributed by atoms with Crippen LogP contribution in [0.2, 0.25) is 0 Å². The maximum Gasteiger partial charge on any atom is 0.318 e. The molecule has 10 heteroatoms. The van der Waals surface area contributed by atoms with E-state index in [4.69, 9.17) is 14.2 Å². The van der Waals surface area contributed by atoms with Crippen molar-refractivity contribution in [3.8, 4) is 17.5 Å². The van der Waals surface area contributed by atoms with E-state index in [1.807, 2.05) is 30.3 Å². The van der Waals surface area contributed by atoms with Crippen molar-refractivity contribution >= 4 is 34.1 Å². The van der Waals surface area contributed by atoms with Gasteiger partial charge in [0.1, 0.15) is 5.75 Å². The van der Waals surface area contributed by atoms with Crippen molar-refractivity contribution in [2.45, 2.75) is 17.8 Å². The zero-order valence-electron chi connectivity index (χ0n) is 18.8.